The van der Waals surface area contributed by atoms with Crippen LogP contribution in [-0.2, 0) is 19.1 Å². The maximum Gasteiger partial charge on any atom is 0.397 e. The number of ether oxygens (including phenoxy) is 1. The third-order valence-corrected chi connectivity index (χ3v) is 4.10. The van der Waals surface area contributed by atoms with Crippen LogP contribution in [0, 0.1) is 10.8 Å². The topological polar surface area (TPSA) is 80.3 Å². The number of carbonyl (C=O) groups is 3. The molecule has 0 aromatic carbocycles. The molecule has 0 spiro atoms. The molecule has 106 valence electrons. The molecule has 2 aliphatic rings. The minimum absolute atomic E-state index is 0.180. The number of esters is 1. The average molecular weight is 269 g/mol. The maximum atomic E-state index is 12.4. The number of likely N-dealkylation sites (tertiary alicyclic amines) is 1. The highest BCUT2D eigenvalue weighted by Gasteiger charge is 2.57. The third kappa shape index (κ3) is 2.25. The van der Waals surface area contributed by atoms with Crippen molar-refractivity contribution in [2.24, 2.45) is 10.8 Å². The van der Waals surface area contributed by atoms with Crippen molar-refractivity contribution in [3.63, 3.8) is 0 Å². The summed E-state index contributed by atoms with van der Waals surface area (Å²) in [6.45, 7) is 7.51. The molecular weight excluding hydrogens is 248 g/mol. The minimum Gasteiger partial charge on any atom is -0.459 e. The summed E-state index contributed by atoms with van der Waals surface area (Å²) in [4.78, 5) is 37.5. The molecule has 19 heavy (non-hydrogen) atoms. The van der Waals surface area contributed by atoms with Gasteiger partial charge >= 0.3 is 11.9 Å². The van der Waals surface area contributed by atoms with Crippen molar-refractivity contribution in [2.45, 2.75) is 20.8 Å². The zero-order chi connectivity index (χ0) is 14.3. The highest BCUT2D eigenvalue weighted by atomic mass is 16.5. The zero-order valence-electron chi connectivity index (χ0n) is 11.7. The number of carbonyl (C=O) groups excluding carboxylic acids is 3. The molecule has 2 N–H and O–H groups in total. The number of ketones is 1. The molecule has 0 saturated carbocycles. The number of rotatable bonds is 1. The molecular formula is C13H21N2O4+. The number of hydrogen-bond acceptors (Lipinski definition) is 4. The van der Waals surface area contributed by atoms with E-state index in [1.165, 1.54) is 4.90 Å². The summed E-state index contributed by atoms with van der Waals surface area (Å²) in [5.74, 6) is -1.25. The number of fused-ring (bicyclic) bond motifs is 2. The Balaban J connectivity index is 2.20. The minimum atomic E-state index is -0.828. The van der Waals surface area contributed by atoms with E-state index in [0.717, 1.165) is 0 Å². The van der Waals surface area contributed by atoms with Crippen LogP contribution in [0.25, 0.3) is 0 Å². The van der Waals surface area contributed by atoms with Gasteiger partial charge in [-0.05, 0) is 20.8 Å². The van der Waals surface area contributed by atoms with Crippen molar-refractivity contribution in [1.82, 2.24) is 4.90 Å². The van der Waals surface area contributed by atoms with Crippen molar-refractivity contribution in [1.29, 1.82) is 0 Å². The Kier molecular flexibility index (Phi) is 3.38. The Bertz CT molecular complexity index is 414. The first-order valence-corrected chi connectivity index (χ1v) is 6.65. The van der Waals surface area contributed by atoms with Crippen LogP contribution in [0.2, 0.25) is 0 Å². The molecule has 0 radical (unpaired) electrons. The van der Waals surface area contributed by atoms with Gasteiger partial charge in [-0.1, -0.05) is 0 Å². The highest BCUT2D eigenvalue weighted by molar-refractivity contribution is 6.32. The van der Waals surface area contributed by atoms with Gasteiger partial charge in [-0.25, -0.2) is 4.79 Å². The fourth-order valence-corrected chi connectivity index (χ4v) is 3.26. The first-order valence-electron chi connectivity index (χ1n) is 6.65. The van der Waals surface area contributed by atoms with E-state index in [-0.39, 0.29) is 12.4 Å². The van der Waals surface area contributed by atoms with Crippen molar-refractivity contribution in [2.75, 3.05) is 32.8 Å². The van der Waals surface area contributed by atoms with Gasteiger partial charge in [0.1, 0.15) is 0 Å². The van der Waals surface area contributed by atoms with Gasteiger partial charge in [0, 0.05) is 13.1 Å². The largest absolute Gasteiger partial charge is 0.459 e. The van der Waals surface area contributed by atoms with Crippen LogP contribution in [-0.4, -0.2) is 55.3 Å². The molecule has 2 aliphatic heterocycles. The Morgan fingerprint density at radius 3 is 2.26 bits per heavy atom. The molecule has 2 heterocycles. The standard InChI is InChI=1S/C13H20N2O4/c1-4-19-10(17)9(16)15-7-12(2)5-14-6-13(3,8-15)11(12)18/h14H,4-8H2,1-3H3/p+1/t12-,13-/m1/s1. The molecule has 2 bridgehead atoms. The summed E-state index contributed by atoms with van der Waals surface area (Å²) < 4.78 is 4.75. The molecule has 2 fully saturated rings. The molecule has 0 unspecified atom stereocenters. The number of nitrogens with zero attached hydrogens (tertiary/aromatic N) is 1. The number of piperidine rings is 2. The Hall–Kier alpha value is -1.43. The van der Waals surface area contributed by atoms with E-state index < -0.39 is 22.7 Å². The van der Waals surface area contributed by atoms with E-state index in [1.54, 1.807) is 6.92 Å². The lowest BCUT2D eigenvalue weighted by Gasteiger charge is -2.49. The molecule has 2 rings (SSSR count). The maximum absolute atomic E-state index is 12.4. The first kappa shape index (κ1) is 14.0. The fourth-order valence-electron chi connectivity index (χ4n) is 3.26. The van der Waals surface area contributed by atoms with Gasteiger partial charge < -0.3 is 15.0 Å². The second-order valence-electron chi connectivity index (χ2n) is 6.03. The van der Waals surface area contributed by atoms with Gasteiger partial charge in [0.15, 0.2) is 5.78 Å². The van der Waals surface area contributed by atoms with E-state index in [4.69, 9.17) is 4.74 Å². The predicted octanol–water partition coefficient (Wildman–Crippen LogP) is -1.45. The van der Waals surface area contributed by atoms with Gasteiger partial charge in [0.05, 0.1) is 30.5 Å². The van der Waals surface area contributed by atoms with Gasteiger partial charge in [-0.15, -0.1) is 0 Å². The average Bonchev–Trinajstić information content (AvgIpc) is 2.33. The summed E-state index contributed by atoms with van der Waals surface area (Å²) in [5.41, 5.74) is -1.12. The first-order chi connectivity index (χ1) is 8.82. The Morgan fingerprint density at radius 2 is 1.79 bits per heavy atom. The SMILES string of the molecule is CCOC(=O)C(=O)N1C[C@@]2(C)C[NH2+]C[C@](C)(C1)C2=O. The van der Waals surface area contributed by atoms with Crippen molar-refractivity contribution < 1.29 is 24.4 Å². The van der Waals surface area contributed by atoms with Crippen molar-refractivity contribution >= 4 is 17.7 Å². The van der Waals surface area contributed by atoms with Crippen LogP contribution in [0.15, 0.2) is 0 Å². The lowest BCUT2D eigenvalue weighted by atomic mass is 9.65. The van der Waals surface area contributed by atoms with E-state index >= 15 is 0 Å². The summed E-state index contributed by atoms with van der Waals surface area (Å²) in [5, 5.41) is 2.12. The van der Waals surface area contributed by atoms with Crippen LogP contribution in [0.5, 0.6) is 0 Å². The smallest absolute Gasteiger partial charge is 0.397 e. The van der Waals surface area contributed by atoms with E-state index in [9.17, 15) is 14.4 Å². The van der Waals surface area contributed by atoms with Gasteiger partial charge in [-0.2, -0.15) is 0 Å². The number of nitrogens with two attached hydrogens (primary N) is 1. The third-order valence-electron chi connectivity index (χ3n) is 4.10. The normalized spacial score (nSPS) is 34.1. The van der Waals surface area contributed by atoms with Crippen LogP contribution in [0.1, 0.15) is 20.8 Å². The molecule has 1 amide bonds. The van der Waals surface area contributed by atoms with Gasteiger partial charge in [0.2, 0.25) is 0 Å². The summed E-state index contributed by atoms with van der Waals surface area (Å²) >= 11 is 0. The van der Waals surface area contributed by atoms with E-state index in [1.807, 2.05) is 13.8 Å². The number of quaternary nitrogens is 1. The fraction of sp³-hybridized carbons (Fsp3) is 0.769. The van der Waals surface area contributed by atoms with E-state index in [0.29, 0.717) is 26.2 Å². The van der Waals surface area contributed by atoms with Crippen molar-refractivity contribution in [3.05, 3.63) is 0 Å². The van der Waals surface area contributed by atoms with Crippen LogP contribution >= 0.6 is 0 Å². The highest BCUT2D eigenvalue weighted by Crippen LogP contribution is 2.37. The summed E-state index contributed by atoms with van der Waals surface area (Å²) in [7, 11) is 0. The predicted molar refractivity (Wildman–Crippen MR) is 66.1 cm³/mol. The van der Waals surface area contributed by atoms with Gasteiger partial charge in [0.25, 0.3) is 0 Å². The van der Waals surface area contributed by atoms with Gasteiger partial charge in [-0.3, -0.25) is 9.59 Å². The molecule has 2 atom stereocenters. The molecule has 6 heteroatoms. The summed E-state index contributed by atoms with van der Waals surface area (Å²) in [6.07, 6.45) is 0. The number of amides is 1. The monoisotopic (exact) mass is 269 g/mol. The quantitative estimate of drug-likeness (QED) is 0.466. The molecule has 6 nitrogen and oxygen atoms in total. The van der Waals surface area contributed by atoms with Crippen LogP contribution in [0.3, 0.4) is 0 Å². The zero-order valence-corrected chi connectivity index (χ0v) is 11.7. The molecule has 0 aliphatic carbocycles. The van der Waals surface area contributed by atoms with Crippen molar-refractivity contribution in [3.8, 4) is 0 Å². The number of hydrogen-bond donors (Lipinski definition) is 1. The Morgan fingerprint density at radius 1 is 1.26 bits per heavy atom. The lowest BCUT2D eigenvalue weighted by Crippen LogP contribution is -2.96. The number of Topliss-reactive ketones (excluding diaryl/α,β-unsaturated/α-hetero) is 1. The summed E-state index contributed by atoms with van der Waals surface area (Å²) in [6, 6.07) is 0. The second-order valence-corrected chi connectivity index (χ2v) is 6.03. The molecule has 0 aromatic heterocycles. The Labute approximate surface area is 112 Å². The lowest BCUT2D eigenvalue weighted by molar-refractivity contribution is -0.681. The van der Waals surface area contributed by atoms with Crippen LogP contribution < -0.4 is 5.32 Å². The van der Waals surface area contributed by atoms with Crippen LogP contribution in [0.4, 0.5) is 0 Å². The van der Waals surface area contributed by atoms with E-state index in [2.05, 4.69) is 5.32 Å². The molecule has 2 saturated heterocycles. The second kappa shape index (κ2) is 4.59. The molecule has 0 aromatic rings.